The molecule has 0 radical (unpaired) electrons. The van der Waals surface area contributed by atoms with E-state index in [4.69, 9.17) is 22.1 Å². The van der Waals surface area contributed by atoms with Gasteiger partial charge in [-0.3, -0.25) is 0 Å². The molecular formula is C13H14ClN3O. The van der Waals surface area contributed by atoms with Crippen LogP contribution in [-0.2, 0) is 0 Å². The van der Waals surface area contributed by atoms with Crippen LogP contribution in [0.2, 0.25) is 5.02 Å². The summed E-state index contributed by atoms with van der Waals surface area (Å²) in [6, 6.07) is 8.65. The Hall–Kier alpha value is -1.81. The maximum Gasteiger partial charge on any atom is 0.224 e. The third-order valence-corrected chi connectivity index (χ3v) is 2.54. The molecule has 94 valence electrons. The molecule has 0 atom stereocenters. The summed E-state index contributed by atoms with van der Waals surface area (Å²) in [6.45, 7) is 4.00. The largest absolute Gasteiger partial charge is 0.439 e. The van der Waals surface area contributed by atoms with Crippen LogP contribution in [0, 0.1) is 0 Å². The molecule has 0 aliphatic rings. The summed E-state index contributed by atoms with van der Waals surface area (Å²) in [7, 11) is 0. The molecule has 0 saturated carbocycles. The van der Waals surface area contributed by atoms with Gasteiger partial charge in [0.25, 0.3) is 0 Å². The molecular weight excluding hydrogens is 250 g/mol. The first-order valence-corrected chi connectivity index (χ1v) is 6.00. The molecule has 0 aliphatic heterocycles. The van der Waals surface area contributed by atoms with Gasteiger partial charge in [-0.25, -0.2) is 4.98 Å². The number of nitrogen functional groups attached to an aromatic ring is 1. The normalized spacial score (nSPS) is 10.7. The van der Waals surface area contributed by atoms with Crippen molar-refractivity contribution in [1.29, 1.82) is 0 Å². The van der Waals surface area contributed by atoms with Crippen LogP contribution in [0.15, 0.2) is 30.3 Å². The van der Waals surface area contributed by atoms with Crippen LogP contribution in [0.25, 0.3) is 0 Å². The lowest BCUT2D eigenvalue weighted by Gasteiger charge is -2.09. The Morgan fingerprint density at radius 2 is 1.83 bits per heavy atom. The molecule has 2 aromatic rings. The first-order valence-electron chi connectivity index (χ1n) is 5.62. The van der Waals surface area contributed by atoms with E-state index in [0.29, 0.717) is 28.3 Å². The summed E-state index contributed by atoms with van der Waals surface area (Å²) < 4.78 is 5.62. The Kier molecular flexibility index (Phi) is 3.67. The number of rotatable bonds is 3. The van der Waals surface area contributed by atoms with Gasteiger partial charge in [0.15, 0.2) is 0 Å². The molecule has 5 heteroatoms. The second kappa shape index (κ2) is 5.23. The number of benzene rings is 1. The smallest absolute Gasteiger partial charge is 0.224 e. The van der Waals surface area contributed by atoms with Crippen molar-refractivity contribution < 1.29 is 4.74 Å². The van der Waals surface area contributed by atoms with Gasteiger partial charge in [-0.05, 0) is 24.3 Å². The highest BCUT2D eigenvalue weighted by Gasteiger charge is 2.08. The molecule has 0 spiro atoms. The van der Waals surface area contributed by atoms with Gasteiger partial charge in [0.05, 0.1) is 0 Å². The van der Waals surface area contributed by atoms with Crippen molar-refractivity contribution in [3.05, 3.63) is 41.2 Å². The lowest BCUT2D eigenvalue weighted by atomic mass is 10.2. The zero-order valence-corrected chi connectivity index (χ0v) is 11.0. The maximum atomic E-state index is 5.81. The minimum Gasteiger partial charge on any atom is -0.439 e. The molecule has 1 heterocycles. The monoisotopic (exact) mass is 263 g/mol. The predicted molar refractivity (Wildman–Crippen MR) is 72.1 cm³/mol. The first-order chi connectivity index (χ1) is 8.54. The molecule has 0 bridgehead atoms. The third-order valence-electron chi connectivity index (χ3n) is 2.29. The highest BCUT2D eigenvalue weighted by Crippen LogP contribution is 2.24. The Labute approximate surface area is 111 Å². The van der Waals surface area contributed by atoms with Crippen molar-refractivity contribution in [1.82, 2.24) is 9.97 Å². The summed E-state index contributed by atoms with van der Waals surface area (Å²) in [5.74, 6) is 2.36. The molecule has 1 aromatic heterocycles. The van der Waals surface area contributed by atoms with Gasteiger partial charge in [0, 0.05) is 17.0 Å². The van der Waals surface area contributed by atoms with E-state index in [2.05, 4.69) is 9.97 Å². The van der Waals surface area contributed by atoms with Crippen LogP contribution in [0.1, 0.15) is 25.6 Å². The highest BCUT2D eigenvalue weighted by molar-refractivity contribution is 6.30. The van der Waals surface area contributed by atoms with Gasteiger partial charge < -0.3 is 10.5 Å². The van der Waals surface area contributed by atoms with Crippen LogP contribution in [-0.4, -0.2) is 9.97 Å². The molecule has 0 fully saturated rings. The number of anilines is 1. The Morgan fingerprint density at radius 1 is 1.17 bits per heavy atom. The first kappa shape index (κ1) is 12.6. The van der Waals surface area contributed by atoms with Crippen molar-refractivity contribution in [2.75, 3.05) is 5.73 Å². The zero-order chi connectivity index (χ0) is 13.1. The fraction of sp³-hybridized carbons (Fsp3) is 0.231. The number of nitrogens with zero attached hydrogens (tertiary/aromatic N) is 2. The summed E-state index contributed by atoms with van der Waals surface area (Å²) in [5, 5.41) is 0.660. The average Bonchev–Trinajstić information content (AvgIpc) is 2.31. The second-order valence-corrected chi connectivity index (χ2v) is 4.64. The topological polar surface area (TPSA) is 61.0 Å². The van der Waals surface area contributed by atoms with Crippen LogP contribution in [0.3, 0.4) is 0 Å². The number of aromatic nitrogens is 2. The van der Waals surface area contributed by atoms with E-state index >= 15 is 0 Å². The van der Waals surface area contributed by atoms with E-state index in [-0.39, 0.29) is 5.92 Å². The molecule has 2 rings (SSSR count). The van der Waals surface area contributed by atoms with Crippen LogP contribution in [0.4, 0.5) is 5.82 Å². The van der Waals surface area contributed by atoms with Gasteiger partial charge >= 0.3 is 0 Å². The van der Waals surface area contributed by atoms with Crippen molar-refractivity contribution >= 4 is 17.4 Å². The second-order valence-electron chi connectivity index (χ2n) is 4.20. The molecule has 0 unspecified atom stereocenters. The van der Waals surface area contributed by atoms with Gasteiger partial charge in [-0.15, -0.1) is 0 Å². The molecule has 0 amide bonds. The minimum atomic E-state index is 0.195. The maximum absolute atomic E-state index is 5.81. The van der Waals surface area contributed by atoms with Crippen molar-refractivity contribution in [2.24, 2.45) is 0 Å². The van der Waals surface area contributed by atoms with E-state index in [1.807, 2.05) is 13.8 Å². The van der Waals surface area contributed by atoms with Gasteiger partial charge in [-0.1, -0.05) is 25.4 Å². The molecule has 4 nitrogen and oxygen atoms in total. The van der Waals surface area contributed by atoms with Crippen LogP contribution >= 0.6 is 11.6 Å². The molecule has 0 saturated heterocycles. The number of ether oxygens (including phenoxy) is 1. The fourth-order valence-electron chi connectivity index (χ4n) is 1.40. The van der Waals surface area contributed by atoms with E-state index in [1.165, 1.54) is 0 Å². The Bertz CT molecular complexity index is 540. The zero-order valence-electron chi connectivity index (χ0n) is 10.2. The van der Waals surface area contributed by atoms with Crippen molar-refractivity contribution in [3.8, 4) is 11.6 Å². The number of halogens is 1. The van der Waals surface area contributed by atoms with Crippen LogP contribution in [0.5, 0.6) is 11.6 Å². The lowest BCUT2D eigenvalue weighted by Crippen LogP contribution is -2.02. The lowest BCUT2D eigenvalue weighted by molar-refractivity contribution is 0.457. The predicted octanol–water partition coefficient (Wildman–Crippen LogP) is 3.63. The fourth-order valence-corrected chi connectivity index (χ4v) is 1.52. The highest BCUT2D eigenvalue weighted by atomic mass is 35.5. The minimum absolute atomic E-state index is 0.195. The average molecular weight is 264 g/mol. The SMILES string of the molecule is CC(C)c1nc(N)cc(Oc2ccc(Cl)cc2)n1. The van der Waals surface area contributed by atoms with Crippen molar-refractivity contribution in [3.63, 3.8) is 0 Å². The van der Waals surface area contributed by atoms with Gasteiger partial charge in [0.2, 0.25) is 5.88 Å². The summed E-state index contributed by atoms with van der Waals surface area (Å²) in [4.78, 5) is 8.46. The molecule has 2 N–H and O–H groups in total. The van der Waals surface area contributed by atoms with Crippen molar-refractivity contribution in [2.45, 2.75) is 19.8 Å². The Balaban J connectivity index is 2.26. The summed E-state index contributed by atoms with van der Waals surface area (Å²) in [5.41, 5.74) is 5.72. The number of hydrogen-bond acceptors (Lipinski definition) is 4. The Morgan fingerprint density at radius 3 is 2.44 bits per heavy atom. The summed E-state index contributed by atoms with van der Waals surface area (Å²) >= 11 is 5.81. The standard InChI is InChI=1S/C13H14ClN3O/c1-8(2)13-16-11(15)7-12(17-13)18-10-5-3-9(14)4-6-10/h3-8H,1-2H3,(H2,15,16,17). The number of nitrogens with two attached hydrogens (primary N) is 1. The number of hydrogen-bond donors (Lipinski definition) is 1. The van der Waals surface area contributed by atoms with E-state index in [1.54, 1.807) is 30.3 Å². The van der Waals surface area contributed by atoms with Gasteiger partial charge in [0.1, 0.15) is 17.4 Å². The molecule has 0 aliphatic carbocycles. The summed E-state index contributed by atoms with van der Waals surface area (Å²) in [6.07, 6.45) is 0. The van der Waals surface area contributed by atoms with Gasteiger partial charge in [-0.2, -0.15) is 4.98 Å². The van der Waals surface area contributed by atoms with E-state index in [9.17, 15) is 0 Å². The third kappa shape index (κ3) is 3.11. The molecule has 1 aromatic carbocycles. The quantitative estimate of drug-likeness (QED) is 0.919. The van der Waals surface area contributed by atoms with E-state index in [0.717, 1.165) is 0 Å². The van der Waals surface area contributed by atoms with E-state index < -0.39 is 0 Å². The van der Waals surface area contributed by atoms with Crippen LogP contribution < -0.4 is 10.5 Å². The molecule has 18 heavy (non-hydrogen) atoms.